The van der Waals surface area contributed by atoms with Gasteiger partial charge in [0.2, 0.25) is 0 Å². The summed E-state index contributed by atoms with van der Waals surface area (Å²) in [5, 5.41) is 1.05. The fourth-order valence-corrected chi connectivity index (χ4v) is 4.29. The van der Waals surface area contributed by atoms with Gasteiger partial charge in [0.25, 0.3) is 5.56 Å². The summed E-state index contributed by atoms with van der Waals surface area (Å²) in [6.07, 6.45) is 1.84. The van der Waals surface area contributed by atoms with Crippen molar-refractivity contribution in [3.05, 3.63) is 52.4 Å². The Labute approximate surface area is 156 Å². The minimum absolute atomic E-state index is 0.0459. The molecule has 4 rings (SSSR count). The van der Waals surface area contributed by atoms with Gasteiger partial charge in [-0.25, -0.2) is 4.98 Å². The molecule has 26 heavy (non-hydrogen) atoms. The molecule has 0 spiro atoms. The SMILES string of the molecule is COc1cccc2sc(N3CCN(Cc4ccn(C)c(=O)c4)CC3)nc12. The molecule has 1 aliphatic rings. The van der Waals surface area contributed by atoms with Gasteiger partial charge in [0.05, 0.1) is 11.8 Å². The molecule has 0 saturated carbocycles. The van der Waals surface area contributed by atoms with Gasteiger partial charge in [0.1, 0.15) is 11.3 Å². The summed E-state index contributed by atoms with van der Waals surface area (Å²) in [5.74, 6) is 0.828. The van der Waals surface area contributed by atoms with Crippen molar-refractivity contribution in [2.75, 3.05) is 38.2 Å². The quantitative estimate of drug-likeness (QED) is 0.706. The van der Waals surface area contributed by atoms with Crippen LogP contribution in [0.5, 0.6) is 5.75 Å². The van der Waals surface area contributed by atoms with E-state index in [9.17, 15) is 4.79 Å². The smallest absolute Gasteiger partial charge is 0.250 e. The number of aryl methyl sites for hydroxylation is 1. The third-order valence-electron chi connectivity index (χ3n) is 4.81. The van der Waals surface area contributed by atoms with Gasteiger partial charge < -0.3 is 14.2 Å². The minimum atomic E-state index is 0.0459. The molecule has 1 aliphatic heterocycles. The van der Waals surface area contributed by atoms with E-state index >= 15 is 0 Å². The molecule has 3 aromatic rings. The second-order valence-corrected chi connectivity index (χ2v) is 7.56. The number of methoxy groups -OCH3 is 1. The van der Waals surface area contributed by atoms with Gasteiger partial charge >= 0.3 is 0 Å². The number of para-hydroxylation sites is 1. The number of nitrogens with zero attached hydrogens (tertiary/aromatic N) is 4. The van der Waals surface area contributed by atoms with Crippen LogP contribution in [0.3, 0.4) is 0 Å². The lowest BCUT2D eigenvalue weighted by Crippen LogP contribution is -2.46. The Hall–Kier alpha value is -2.38. The Kier molecular flexibility index (Phi) is 4.65. The van der Waals surface area contributed by atoms with Crippen LogP contribution in [-0.2, 0) is 13.6 Å². The number of fused-ring (bicyclic) bond motifs is 1. The first kappa shape index (κ1) is 17.1. The normalized spacial score (nSPS) is 15.5. The van der Waals surface area contributed by atoms with Crippen molar-refractivity contribution in [2.24, 2.45) is 7.05 Å². The molecule has 3 heterocycles. The molecule has 1 aromatic carbocycles. The number of aromatic nitrogens is 2. The summed E-state index contributed by atoms with van der Waals surface area (Å²) < 4.78 is 8.17. The number of anilines is 1. The summed E-state index contributed by atoms with van der Waals surface area (Å²) in [7, 11) is 3.46. The maximum absolute atomic E-state index is 11.8. The molecule has 0 unspecified atom stereocenters. The third kappa shape index (κ3) is 3.32. The fourth-order valence-electron chi connectivity index (χ4n) is 3.25. The van der Waals surface area contributed by atoms with Crippen molar-refractivity contribution in [3.8, 4) is 5.75 Å². The number of hydrogen-bond acceptors (Lipinski definition) is 6. The van der Waals surface area contributed by atoms with Crippen LogP contribution < -0.4 is 15.2 Å². The first-order valence-corrected chi connectivity index (χ1v) is 9.52. The molecule has 136 valence electrons. The lowest BCUT2D eigenvalue weighted by molar-refractivity contribution is 0.249. The highest BCUT2D eigenvalue weighted by molar-refractivity contribution is 7.22. The lowest BCUT2D eigenvalue weighted by Gasteiger charge is -2.34. The molecule has 0 N–H and O–H groups in total. The first-order chi connectivity index (χ1) is 12.6. The molecule has 7 heteroatoms. The van der Waals surface area contributed by atoms with Crippen molar-refractivity contribution in [1.29, 1.82) is 0 Å². The van der Waals surface area contributed by atoms with E-state index in [1.165, 1.54) is 0 Å². The van der Waals surface area contributed by atoms with Crippen LogP contribution in [0.1, 0.15) is 5.56 Å². The van der Waals surface area contributed by atoms with Gasteiger partial charge in [-0.1, -0.05) is 17.4 Å². The van der Waals surface area contributed by atoms with Crippen LogP contribution in [0.2, 0.25) is 0 Å². The third-order valence-corrected chi connectivity index (χ3v) is 5.89. The summed E-state index contributed by atoms with van der Waals surface area (Å²) >= 11 is 1.71. The zero-order valence-electron chi connectivity index (χ0n) is 15.0. The van der Waals surface area contributed by atoms with Gasteiger partial charge in [-0.05, 0) is 23.8 Å². The van der Waals surface area contributed by atoms with Crippen LogP contribution >= 0.6 is 11.3 Å². The van der Waals surface area contributed by atoms with E-state index in [0.29, 0.717) is 0 Å². The monoisotopic (exact) mass is 370 g/mol. The van der Waals surface area contributed by atoms with Crippen LogP contribution in [-0.4, -0.2) is 47.7 Å². The molecule has 2 aromatic heterocycles. The van der Waals surface area contributed by atoms with Crippen molar-refractivity contribution in [1.82, 2.24) is 14.5 Å². The van der Waals surface area contributed by atoms with Crippen molar-refractivity contribution < 1.29 is 4.74 Å². The van der Waals surface area contributed by atoms with Crippen LogP contribution in [0, 0.1) is 0 Å². The minimum Gasteiger partial charge on any atom is -0.494 e. The Balaban J connectivity index is 1.43. The number of benzene rings is 1. The molecule has 1 saturated heterocycles. The molecular weight excluding hydrogens is 348 g/mol. The average Bonchev–Trinajstić information content (AvgIpc) is 3.09. The Morgan fingerprint density at radius 2 is 2.00 bits per heavy atom. The number of ether oxygens (including phenoxy) is 1. The predicted octanol–water partition coefficient (Wildman–Crippen LogP) is 2.33. The van der Waals surface area contributed by atoms with Crippen LogP contribution in [0.15, 0.2) is 41.3 Å². The highest BCUT2D eigenvalue weighted by Crippen LogP contribution is 2.34. The topological polar surface area (TPSA) is 50.6 Å². The summed E-state index contributed by atoms with van der Waals surface area (Å²) in [6, 6.07) is 9.80. The summed E-state index contributed by atoms with van der Waals surface area (Å²) in [6.45, 7) is 4.61. The number of pyridine rings is 1. The van der Waals surface area contributed by atoms with E-state index in [2.05, 4.69) is 15.9 Å². The van der Waals surface area contributed by atoms with Gasteiger partial charge in [-0.3, -0.25) is 9.69 Å². The largest absolute Gasteiger partial charge is 0.494 e. The fraction of sp³-hybridized carbons (Fsp3) is 0.368. The Bertz CT molecular complexity index is 973. The zero-order chi connectivity index (χ0) is 18.1. The standard InChI is InChI=1S/C19H22N4O2S/c1-21-7-6-14(12-17(21)24)13-22-8-10-23(11-9-22)19-20-18-15(25-2)4-3-5-16(18)26-19/h3-7,12H,8-11,13H2,1-2H3. The summed E-state index contributed by atoms with van der Waals surface area (Å²) in [5.41, 5.74) is 2.06. The van der Waals surface area contributed by atoms with Crippen molar-refractivity contribution >= 4 is 26.7 Å². The van der Waals surface area contributed by atoms with E-state index in [0.717, 1.165) is 59.4 Å². The molecule has 0 aliphatic carbocycles. The Morgan fingerprint density at radius 3 is 2.73 bits per heavy atom. The highest BCUT2D eigenvalue weighted by Gasteiger charge is 2.20. The van der Waals surface area contributed by atoms with Crippen molar-refractivity contribution in [2.45, 2.75) is 6.54 Å². The van der Waals surface area contributed by atoms with E-state index in [4.69, 9.17) is 9.72 Å². The molecule has 1 fully saturated rings. The number of hydrogen-bond donors (Lipinski definition) is 0. The van der Waals surface area contributed by atoms with Gasteiger partial charge in [-0.2, -0.15) is 0 Å². The van der Waals surface area contributed by atoms with E-state index in [1.54, 1.807) is 36.1 Å². The maximum atomic E-state index is 11.8. The predicted molar refractivity (Wildman–Crippen MR) is 105 cm³/mol. The molecule has 0 radical (unpaired) electrons. The van der Waals surface area contributed by atoms with Gasteiger partial charge in [0, 0.05) is 52.0 Å². The van der Waals surface area contributed by atoms with E-state index in [1.807, 2.05) is 24.4 Å². The molecule has 0 bridgehead atoms. The second kappa shape index (κ2) is 7.09. The molecule has 0 atom stereocenters. The lowest BCUT2D eigenvalue weighted by atomic mass is 10.2. The van der Waals surface area contributed by atoms with Crippen LogP contribution in [0.25, 0.3) is 10.2 Å². The zero-order valence-corrected chi connectivity index (χ0v) is 15.8. The molecular formula is C19H22N4O2S. The van der Waals surface area contributed by atoms with E-state index < -0.39 is 0 Å². The maximum Gasteiger partial charge on any atom is 0.250 e. The van der Waals surface area contributed by atoms with Crippen molar-refractivity contribution in [3.63, 3.8) is 0 Å². The molecule has 0 amide bonds. The summed E-state index contributed by atoms with van der Waals surface area (Å²) in [4.78, 5) is 21.3. The Morgan fingerprint density at radius 1 is 1.19 bits per heavy atom. The average molecular weight is 370 g/mol. The number of rotatable bonds is 4. The van der Waals surface area contributed by atoms with Gasteiger partial charge in [0.15, 0.2) is 5.13 Å². The number of thiazole rings is 1. The van der Waals surface area contributed by atoms with Crippen LogP contribution in [0.4, 0.5) is 5.13 Å². The van der Waals surface area contributed by atoms with E-state index in [-0.39, 0.29) is 5.56 Å². The van der Waals surface area contributed by atoms with Gasteiger partial charge in [-0.15, -0.1) is 0 Å². The first-order valence-electron chi connectivity index (χ1n) is 8.70. The number of piperazine rings is 1. The highest BCUT2D eigenvalue weighted by atomic mass is 32.1. The second-order valence-electron chi connectivity index (χ2n) is 6.55. The molecule has 6 nitrogen and oxygen atoms in total.